The SMILES string of the molecule is Cc1nccnc1NC(CC(C)C)CN(C)C. The van der Waals surface area contributed by atoms with E-state index < -0.39 is 0 Å². The van der Waals surface area contributed by atoms with Gasteiger partial charge in [-0.3, -0.25) is 4.98 Å². The van der Waals surface area contributed by atoms with Crippen molar-refractivity contribution in [1.29, 1.82) is 0 Å². The molecule has 0 amide bonds. The van der Waals surface area contributed by atoms with Gasteiger partial charge in [0.1, 0.15) is 5.82 Å². The predicted molar refractivity (Wildman–Crippen MR) is 72.2 cm³/mol. The van der Waals surface area contributed by atoms with E-state index in [1.165, 1.54) is 0 Å². The van der Waals surface area contributed by atoms with Crippen molar-refractivity contribution in [1.82, 2.24) is 14.9 Å². The second-order valence-corrected chi connectivity index (χ2v) is 5.22. The second kappa shape index (κ2) is 6.55. The molecular weight excluding hydrogens is 212 g/mol. The summed E-state index contributed by atoms with van der Waals surface area (Å²) in [6.07, 6.45) is 4.59. The molecule has 1 N–H and O–H groups in total. The Morgan fingerprint density at radius 2 is 1.88 bits per heavy atom. The standard InChI is InChI=1S/C13H24N4/c1-10(2)8-12(9-17(4)5)16-13-11(3)14-6-7-15-13/h6-7,10,12H,8-9H2,1-5H3,(H,15,16). The van der Waals surface area contributed by atoms with Crippen LogP contribution in [0.3, 0.4) is 0 Å². The summed E-state index contributed by atoms with van der Waals surface area (Å²) in [5, 5.41) is 3.49. The highest BCUT2D eigenvalue weighted by molar-refractivity contribution is 5.39. The first-order valence-electron chi connectivity index (χ1n) is 6.18. The fraction of sp³-hybridized carbons (Fsp3) is 0.692. The zero-order valence-electron chi connectivity index (χ0n) is 11.6. The van der Waals surface area contributed by atoms with Crippen molar-refractivity contribution >= 4 is 5.82 Å². The fourth-order valence-corrected chi connectivity index (χ4v) is 1.93. The van der Waals surface area contributed by atoms with Crippen molar-refractivity contribution in [3.63, 3.8) is 0 Å². The smallest absolute Gasteiger partial charge is 0.147 e. The van der Waals surface area contributed by atoms with Gasteiger partial charge in [-0.2, -0.15) is 0 Å². The van der Waals surface area contributed by atoms with E-state index in [0.29, 0.717) is 12.0 Å². The monoisotopic (exact) mass is 236 g/mol. The summed E-state index contributed by atoms with van der Waals surface area (Å²) >= 11 is 0. The topological polar surface area (TPSA) is 41.1 Å². The van der Waals surface area contributed by atoms with Gasteiger partial charge < -0.3 is 10.2 Å². The number of rotatable bonds is 6. The third-order valence-corrected chi connectivity index (χ3v) is 2.56. The first-order chi connectivity index (χ1) is 7.99. The molecule has 96 valence electrons. The minimum Gasteiger partial charge on any atom is -0.365 e. The molecule has 1 aromatic rings. The van der Waals surface area contributed by atoms with Crippen molar-refractivity contribution in [2.45, 2.75) is 33.2 Å². The van der Waals surface area contributed by atoms with E-state index in [-0.39, 0.29) is 0 Å². The highest BCUT2D eigenvalue weighted by Crippen LogP contribution is 2.13. The normalized spacial score (nSPS) is 13.1. The van der Waals surface area contributed by atoms with Crippen molar-refractivity contribution < 1.29 is 0 Å². The molecule has 1 unspecified atom stereocenters. The van der Waals surface area contributed by atoms with Gasteiger partial charge in [-0.15, -0.1) is 0 Å². The largest absolute Gasteiger partial charge is 0.365 e. The van der Waals surface area contributed by atoms with E-state index in [1.54, 1.807) is 12.4 Å². The summed E-state index contributed by atoms with van der Waals surface area (Å²) in [5.74, 6) is 1.57. The van der Waals surface area contributed by atoms with Crippen molar-refractivity contribution in [2.24, 2.45) is 5.92 Å². The molecule has 0 saturated carbocycles. The number of nitrogens with one attached hydrogen (secondary N) is 1. The first kappa shape index (κ1) is 13.9. The number of nitrogens with zero attached hydrogens (tertiary/aromatic N) is 3. The molecule has 0 aliphatic heterocycles. The molecule has 0 aromatic carbocycles. The number of likely N-dealkylation sites (N-methyl/N-ethyl adjacent to an activating group) is 1. The molecule has 0 aliphatic rings. The zero-order valence-corrected chi connectivity index (χ0v) is 11.6. The van der Waals surface area contributed by atoms with Crippen LogP contribution in [0.4, 0.5) is 5.82 Å². The second-order valence-electron chi connectivity index (χ2n) is 5.22. The molecule has 1 heterocycles. The van der Waals surface area contributed by atoms with Crippen LogP contribution in [0, 0.1) is 12.8 Å². The molecular formula is C13H24N4. The van der Waals surface area contributed by atoms with Gasteiger partial charge in [-0.05, 0) is 33.4 Å². The van der Waals surface area contributed by atoms with E-state index in [2.05, 4.69) is 48.1 Å². The van der Waals surface area contributed by atoms with Crippen LogP contribution in [0.2, 0.25) is 0 Å². The molecule has 0 spiro atoms. The van der Waals surface area contributed by atoms with Crippen LogP contribution >= 0.6 is 0 Å². The summed E-state index contributed by atoms with van der Waals surface area (Å²) < 4.78 is 0. The van der Waals surface area contributed by atoms with E-state index in [0.717, 1.165) is 24.5 Å². The molecule has 0 fully saturated rings. The number of anilines is 1. The van der Waals surface area contributed by atoms with Gasteiger partial charge >= 0.3 is 0 Å². The maximum Gasteiger partial charge on any atom is 0.147 e. The van der Waals surface area contributed by atoms with Gasteiger partial charge in [0.15, 0.2) is 0 Å². The highest BCUT2D eigenvalue weighted by atomic mass is 15.1. The van der Waals surface area contributed by atoms with Crippen LogP contribution in [0.5, 0.6) is 0 Å². The van der Waals surface area contributed by atoms with Gasteiger partial charge in [-0.1, -0.05) is 13.8 Å². The average molecular weight is 236 g/mol. The number of hydrogen-bond acceptors (Lipinski definition) is 4. The Kier molecular flexibility index (Phi) is 5.35. The Bertz CT molecular complexity index is 326. The Morgan fingerprint density at radius 1 is 1.24 bits per heavy atom. The van der Waals surface area contributed by atoms with Gasteiger partial charge in [0.25, 0.3) is 0 Å². The van der Waals surface area contributed by atoms with E-state index >= 15 is 0 Å². The van der Waals surface area contributed by atoms with Crippen LogP contribution in [0.15, 0.2) is 12.4 Å². The lowest BCUT2D eigenvalue weighted by atomic mass is 10.0. The summed E-state index contributed by atoms with van der Waals surface area (Å²) in [4.78, 5) is 10.8. The molecule has 0 saturated heterocycles. The first-order valence-corrected chi connectivity index (χ1v) is 6.18. The summed E-state index contributed by atoms with van der Waals surface area (Å²) in [7, 11) is 4.19. The highest BCUT2D eigenvalue weighted by Gasteiger charge is 2.13. The number of hydrogen-bond donors (Lipinski definition) is 1. The van der Waals surface area contributed by atoms with Crippen LogP contribution < -0.4 is 5.32 Å². The maximum absolute atomic E-state index is 4.34. The minimum atomic E-state index is 0.417. The molecule has 4 heteroatoms. The van der Waals surface area contributed by atoms with Crippen molar-refractivity contribution in [3.05, 3.63) is 18.1 Å². The van der Waals surface area contributed by atoms with E-state index in [4.69, 9.17) is 0 Å². The van der Waals surface area contributed by atoms with Crippen molar-refractivity contribution in [2.75, 3.05) is 26.0 Å². The predicted octanol–water partition coefficient (Wildman–Crippen LogP) is 2.17. The quantitative estimate of drug-likeness (QED) is 0.822. The molecule has 1 atom stereocenters. The lowest BCUT2D eigenvalue weighted by Gasteiger charge is -2.24. The van der Waals surface area contributed by atoms with E-state index in [1.807, 2.05) is 6.92 Å². The number of aromatic nitrogens is 2. The maximum atomic E-state index is 4.34. The Morgan fingerprint density at radius 3 is 2.41 bits per heavy atom. The van der Waals surface area contributed by atoms with Crippen LogP contribution in [0.1, 0.15) is 26.0 Å². The Labute approximate surface area is 104 Å². The molecule has 1 aromatic heterocycles. The molecule has 17 heavy (non-hydrogen) atoms. The molecule has 1 rings (SSSR count). The van der Waals surface area contributed by atoms with Gasteiger partial charge in [0.2, 0.25) is 0 Å². The molecule has 0 bridgehead atoms. The lowest BCUT2D eigenvalue weighted by molar-refractivity contribution is 0.356. The van der Waals surface area contributed by atoms with Gasteiger partial charge in [-0.25, -0.2) is 4.98 Å². The number of aryl methyl sites for hydroxylation is 1. The van der Waals surface area contributed by atoms with Gasteiger partial charge in [0.05, 0.1) is 5.69 Å². The molecule has 0 radical (unpaired) electrons. The molecule has 0 aliphatic carbocycles. The van der Waals surface area contributed by atoms with Crippen LogP contribution in [0.25, 0.3) is 0 Å². The third-order valence-electron chi connectivity index (χ3n) is 2.56. The average Bonchev–Trinajstić information content (AvgIpc) is 2.19. The summed E-state index contributed by atoms with van der Waals surface area (Å²) in [5.41, 5.74) is 0.958. The summed E-state index contributed by atoms with van der Waals surface area (Å²) in [6, 6.07) is 0.417. The third kappa shape index (κ3) is 5.13. The summed E-state index contributed by atoms with van der Waals surface area (Å²) in [6.45, 7) is 7.48. The zero-order chi connectivity index (χ0) is 12.8. The minimum absolute atomic E-state index is 0.417. The Balaban J connectivity index is 2.68. The lowest BCUT2D eigenvalue weighted by Crippen LogP contribution is -2.34. The van der Waals surface area contributed by atoms with Crippen LogP contribution in [-0.4, -0.2) is 41.5 Å². The fourth-order valence-electron chi connectivity index (χ4n) is 1.93. The Hall–Kier alpha value is -1.16. The van der Waals surface area contributed by atoms with E-state index in [9.17, 15) is 0 Å². The molecule has 4 nitrogen and oxygen atoms in total. The van der Waals surface area contributed by atoms with Crippen LogP contribution in [-0.2, 0) is 0 Å². The van der Waals surface area contributed by atoms with Gasteiger partial charge in [0, 0.05) is 25.0 Å². The van der Waals surface area contributed by atoms with Crippen molar-refractivity contribution in [3.8, 4) is 0 Å².